The van der Waals surface area contributed by atoms with Crippen LogP contribution in [0.25, 0.3) is 11.1 Å². The summed E-state index contributed by atoms with van der Waals surface area (Å²) < 4.78 is 67.2. The Balaban J connectivity index is 1.43. The van der Waals surface area contributed by atoms with Crippen LogP contribution in [0.1, 0.15) is 16.1 Å². The highest BCUT2D eigenvalue weighted by molar-refractivity contribution is 7.89. The number of alkyl halides is 3. The molecule has 0 saturated carbocycles. The molecule has 1 aliphatic heterocycles. The number of anilines is 1. The second-order valence-corrected chi connectivity index (χ2v) is 10.3. The first kappa shape index (κ1) is 27.1. The molecule has 1 saturated heterocycles. The number of piperazine rings is 1. The number of benzene rings is 1. The van der Waals surface area contributed by atoms with Crippen molar-refractivity contribution in [1.29, 1.82) is 0 Å². The molecule has 1 fully saturated rings. The molecule has 0 aliphatic carbocycles. The normalized spacial score (nSPS) is 14.8. The van der Waals surface area contributed by atoms with E-state index in [9.17, 15) is 31.5 Å². The molecule has 0 radical (unpaired) electrons. The number of sulfonamides is 1. The monoisotopic (exact) mass is 552 g/mol. The third-order valence-electron chi connectivity index (χ3n) is 5.52. The first-order valence-corrected chi connectivity index (χ1v) is 13.1. The van der Waals surface area contributed by atoms with Crippen LogP contribution in [-0.4, -0.2) is 78.3 Å². The van der Waals surface area contributed by atoms with Crippen LogP contribution in [-0.2, 0) is 16.6 Å². The molecule has 4 rings (SSSR count). The summed E-state index contributed by atoms with van der Waals surface area (Å²) in [7, 11) is -3.73. The second kappa shape index (κ2) is 10.8. The van der Waals surface area contributed by atoms with Crippen molar-refractivity contribution >= 4 is 21.7 Å². The lowest BCUT2D eigenvalue weighted by molar-refractivity contribution is -0.274. The largest absolute Gasteiger partial charge is 0.573 e. The summed E-state index contributed by atoms with van der Waals surface area (Å²) in [5, 5.41) is 17.5. The number of amides is 1. The highest BCUT2D eigenvalue weighted by atomic mass is 32.2. The van der Waals surface area contributed by atoms with Crippen molar-refractivity contribution in [2.45, 2.75) is 12.9 Å². The highest BCUT2D eigenvalue weighted by Crippen LogP contribution is 2.31. The topological polar surface area (TPSA) is 138 Å². The Bertz CT molecular complexity index is 1410. The van der Waals surface area contributed by atoms with E-state index in [2.05, 4.69) is 24.8 Å². The van der Waals surface area contributed by atoms with Gasteiger partial charge in [-0.3, -0.25) is 14.7 Å². The van der Waals surface area contributed by atoms with Crippen LogP contribution in [0.2, 0.25) is 0 Å². The maximum Gasteiger partial charge on any atom is 0.573 e. The van der Waals surface area contributed by atoms with Gasteiger partial charge in [-0.15, -0.1) is 23.4 Å². The average molecular weight is 553 g/mol. The number of nitrogens with zero attached hydrogens (tertiary/aromatic N) is 5. The molecule has 1 amide bonds. The van der Waals surface area contributed by atoms with E-state index in [-0.39, 0.29) is 17.2 Å². The molecule has 1 aliphatic rings. The smallest absolute Gasteiger partial charge is 0.506 e. The van der Waals surface area contributed by atoms with E-state index >= 15 is 0 Å². The van der Waals surface area contributed by atoms with Crippen molar-refractivity contribution in [3.05, 3.63) is 60.0 Å². The van der Waals surface area contributed by atoms with E-state index < -0.39 is 22.3 Å². The summed E-state index contributed by atoms with van der Waals surface area (Å²) in [5.41, 5.74) is 1.30. The Kier molecular flexibility index (Phi) is 7.68. The Morgan fingerprint density at radius 2 is 1.79 bits per heavy atom. The molecular formula is C23H23F3N6O5S. The van der Waals surface area contributed by atoms with Gasteiger partial charge in [0.15, 0.2) is 11.5 Å². The lowest BCUT2D eigenvalue weighted by Gasteiger charge is -2.35. The molecule has 0 atom stereocenters. The van der Waals surface area contributed by atoms with Crippen molar-refractivity contribution < 1.29 is 36.2 Å². The number of pyridine rings is 1. The molecule has 1 aromatic carbocycles. The minimum Gasteiger partial charge on any atom is -0.506 e. The maximum absolute atomic E-state index is 12.9. The van der Waals surface area contributed by atoms with E-state index in [1.807, 2.05) is 9.62 Å². The zero-order valence-corrected chi connectivity index (χ0v) is 20.8. The summed E-state index contributed by atoms with van der Waals surface area (Å²) >= 11 is 0. The van der Waals surface area contributed by atoms with E-state index in [1.54, 1.807) is 12.1 Å². The van der Waals surface area contributed by atoms with E-state index in [0.29, 0.717) is 55.2 Å². The van der Waals surface area contributed by atoms with E-state index in [4.69, 9.17) is 0 Å². The number of aromatic nitrogens is 3. The summed E-state index contributed by atoms with van der Waals surface area (Å²) in [6.07, 6.45) is -1.34. The summed E-state index contributed by atoms with van der Waals surface area (Å²) in [5.74, 6) is -0.870. The number of carbonyl (C=O) groups is 1. The zero-order chi connectivity index (χ0) is 27.5. The molecule has 202 valence electrons. The molecule has 11 nitrogen and oxygen atoms in total. The van der Waals surface area contributed by atoms with Crippen LogP contribution in [0, 0.1) is 0 Å². The summed E-state index contributed by atoms with van der Waals surface area (Å²) in [6.45, 7) is 2.53. The SMILES string of the molecule is CS(=O)(=O)NC(=O)c1ccc(N2CCN(Cc3cc(OC(F)(F)F)cc(-c4cncc(O)c4)c3)CC2)nn1. The van der Waals surface area contributed by atoms with E-state index in [1.165, 1.54) is 36.7 Å². The van der Waals surface area contributed by atoms with Gasteiger partial charge in [-0.25, -0.2) is 13.1 Å². The van der Waals surface area contributed by atoms with Gasteiger partial charge in [0.05, 0.1) is 12.5 Å². The number of rotatable bonds is 7. The Morgan fingerprint density at radius 1 is 1.05 bits per heavy atom. The Hall–Kier alpha value is -3.98. The third kappa shape index (κ3) is 7.52. The Morgan fingerprint density at radius 3 is 2.39 bits per heavy atom. The molecule has 0 unspecified atom stereocenters. The van der Waals surface area contributed by atoms with Crippen LogP contribution < -0.4 is 14.4 Å². The maximum atomic E-state index is 12.9. The van der Waals surface area contributed by atoms with Crippen LogP contribution in [0.3, 0.4) is 0 Å². The number of aromatic hydroxyl groups is 1. The zero-order valence-electron chi connectivity index (χ0n) is 20.0. The number of halogens is 3. The fourth-order valence-electron chi connectivity index (χ4n) is 3.93. The van der Waals surface area contributed by atoms with Crippen molar-refractivity contribution in [1.82, 2.24) is 24.8 Å². The fraction of sp³-hybridized carbons (Fsp3) is 0.304. The van der Waals surface area contributed by atoms with Crippen LogP contribution in [0.4, 0.5) is 19.0 Å². The lowest BCUT2D eigenvalue weighted by Crippen LogP contribution is -2.46. The minimum atomic E-state index is -4.86. The number of carbonyl (C=O) groups excluding carboxylic acids is 1. The highest BCUT2D eigenvalue weighted by Gasteiger charge is 2.31. The van der Waals surface area contributed by atoms with Gasteiger partial charge in [-0.1, -0.05) is 0 Å². The van der Waals surface area contributed by atoms with Crippen LogP contribution >= 0.6 is 0 Å². The second-order valence-electron chi connectivity index (χ2n) is 8.59. The van der Waals surface area contributed by atoms with Gasteiger partial charge in [0.25, 0.3) is 5.91 Å². The predicted octanol–water partition coefficient (Wildman–Crippen LogP) is 2.15. The van der Waals surface area contributed by atoms with Crippen LogP contribution in [0.15, 0.2) is 48.8 Å². The molecule has 3 aromatic rings. The standard InChI is InChI=1S/C23H23F3N6O5S/c1-38(35,36)30-22(34)20-2-3-21(29-28-20)32-6-4-31(5-7-32)14-15-8-16(17-10-18(33)13-27-12-17)11-19(9-15)37-23(24,25)26/h2-3,8-13,33H,4-7,14H2,1H3,(H,30,34). The molecule has 15 heteroatoms. The first-order chi connectivity index (χ1) is 17.8. The van der Waals surface area contributed by atoms with Gasteiger partial charge >= 0.3 is 6.36 Å². The first-order valence-electron chi connectivity index (χ1n) is 11.2. The van der Waals surface area contributed by atoms with E-state index in [0.717, 1.165) is 6.26 Å². The fourth-order valence-corrected chi connectivity index (χ4v) is 4.37. The predicted molar refractivity (Wildman–Crippen MR) is 130 cm³/mol. The summed E-state index contributed by atoms with van der Waals surface area (Å²) in [6, 6.07) is 8.62. The van der Waals surface area contributed by atoms with Gasteiger partial charge in [-0.2, -0.15) is 0 Å². The number of hydrogen-bond acceptors (Lipinski definition) is 10. The van der Waals surface area contributed by atoms with Crippen molar-refractivity contribution in [3.63, 3.8) is 0 Å². The third-order valence-corrected chi connectivity index (χ3v) is 6.08. The quantitative estimate of drug-likeness (QED) is 0.449. The average Bonchev–Trinajstić information content (AvgIpc) is 2.82. The number of ether oxygens (including phenoxy) is 1. The molecular weight excluding hydrogens is 529 g/mol. The lowest BCUT2D eigenvalue weighted by atomic mass is 10.0. The number of hydrogen-bond donors (Lipinski definition) is 2. The molecule has 3 heterocycles. The molecule has 2 aromatic heterocycles. The molecule has 38 heavy (non-hydrogen) atoms. The van der Waals surface area contributed by atoms with Gasteiger partial charge in [0.2, 0.25) is 10.0 Å². The Labute approximate surface area is 215 Å². The van der Waals surface area contributed by atoms with Gasteiger partial charge in [0.1, 0.15) is 11.5 Å². The van der Waals surface area contributed by atoms with Gasteiger partial charge < -0.3 is 14.7 Å². The van der Waals surface area contributed by atoms with Crippen molar-refractivity contribution in [2.24, 2.45) is 0 Å². The summed E-state index contributed by atoms with van der Waals surface area (Å²) in [4.78, 5) is 19.8. The minimum absolute atomic E-state index is 0.116. The van der Waals surface area contributed by atoms with Gasteiger partial charge in [0, 0.05) is 44.5 Å². The van der Waals surface area contributed by atoms with Crippen molar-refractivity contribution in [2.75, 3.05) is 37.3 Å². The molecule has 0 bridgehead atoms. The molecule has 2 N–H and O–H groups in total. The molecule has 0 spiro atoms. The number of nitrogens with one attached hydrogen (secondary N) is 1. The van der Waals surface area contributed by atoms with Crippen molar-refractivity contribution in [3.8, 4) is 22.6 Å². The van der Waals surface area contributed by atoms with Gasteiger partial charge in [-0.05, 0) is 47.5 Å². The van der Waals surface area contributed by atoms with Crippen LogP contribution in [0.5, 0.6) is 11.5 Å².